The maximum absolute atomic E-state index is 9.94. The van der Waals surface area contributed by atoms with Gasteiger partial charge < -0.3 is 10.6 Å². The molecule has 1 aromatic rings. The molecule has 3 unspecified atom stereocenters. The lowest BCUT2D eigenvalue weighted by Gasteiger charge is -2.43. The minimum absolute atomic E-state index is 0.0499. The number of nitrogens with one attached hydrogen (secondary N) is 1. The predicted octanol–water partition coefficient (Wildman–Crippen LogP) is 1.47. The van der Waals surface area contributed by atoms with Crippen molar-refractivity contribution in [1.82, 2.24) is 0 Å². The van der Waals surface area contributed by atoms with Crippen LogP contribution in [-0.2, 0) is 0 Å². The monoisotopic (exact) mass is 350 g/mol. The fourth-order valence-corrected chi connectivity index (χ4v) is 4.91. The van der Waals surface area contributed by atoms with Crippen LogP contribution in [0.25, 0.3) is 0 Å². The summed E-state index contributed by atoms with van der Waals surface area (Å²) in [4.78, 5) is 1.42. The Hall–Kier alpha value is -2.59. The normalized spacial score (nSPS) is 27.4. The van der Waals surface area contributed by atoms with Crippen molar-refractivity contribution >= 4 is 11.3 Å². The summed E-state index contributed by atoms with van der Waals surface area (Å²) >= 11 is 1.55. The highest BCUT2D eigenvalue weighted by Gasteiger charge is 2.55. The SMILES string of the molecule is CCC[NH+]1CC=C2C(C#N)=C(N)C(C#N)(C#N)C(c3ccsc3)C2C1. The average molecular weight is 350 g/mol. The molecule has 3 atom stereocenters. The van der Waals surface area contributed by atoms with E-state index < -0.39 is 5.41 Å². The number of quaternary nitrogens is 1. The summed E-state index contributed by atoms with van der Waals surface area (Å²) in [5.74, 6) is -0.393. The van der Waals surface area contributed by atoms with E-state index in [-0.39, 0.29) is 17.5 Å². The molecule has 1 aliphatic heterocycles. The van der Waals surface area contributed by atoms with Gasteiger partial charge >= 0.3 is 0 Å². The third-order valence-electron chi connectivity index (χ3n) is 5.34. The van der Waals surface area contributed by atoms with E-state index in [4.69, 9.17) is 5.73 Å². The number of rotatable bonds is 3. The molecule has 0 bridgehead atoms. The van der Waals surface area contributed by atoms with Gasteiger partial charge in [-0.2, -0.15) is 27.1 Å². The van der Waals surface area contributed by atoms with Crippen LogP contribution in [-0.4, -0.2) is 19.6 Å². The van der Waals surface area contributed by atoms with Gasteiger partial charge in [0.25, 0.3) is 0 Å². The van der Waals surface area contributed by atoms with Gasteiger partial charge in [-0.1, -0.05) is 6.92 Å². The largest absolute Gasteiger partial charge is 0.399 e. The quantitative estimate of drug-likeness (QED) is 0.861. The molecule has 0 saturated heterocycles. The first kappa shape index (κ1) is 17.2. The number of thiophene rings is 1. The topological polar surface area (TPSA) is 102 Å². The molecule has 25 heavy (non-hydrogen) atoms. The van der Waals surface area contributed by atoms with E-state index in [0.717, 1.165) is 37.2 Å². The van der Waals surface area contributed by atoms with Crippen molar-refractivity contribution in [3.05, 3.63) is 45.3 Å². The Morgan fingerprint density at radius 1 is 1.36 bits per heavy atom. The van der Waals surface area contributed by atoms with Crippen molar-refractivity contribution in [3.63, 3.8) is 0 Å². The molecule has 5 nitrogen and oxygen atoms in total. The van der Waals surface area contributed by atoms with Gasteiger partial charge in [0.2, 0.25) is 0 Å². The number of fused-ring (bicyclic) bond motifs is 1. The van der Waals surface area contributed by atoms with Crippen LogP contribution in [0.4, 0.5) is 0 Å². The van der Waals surface area contributed by atoms with Gasteiger partial charge in [-0.3, -0.25) is 0 Å². The zero-order valence-corrected chi connectivity index (χ0v) is 14.9. The molecule has 0 radical (unpaired) electrons. The number of hydrogen-bond donors (Lipinski definition) is 2. The lowest BCUT2D eigenvalue weighted by molar-refractivity contribution is -0.899. The van der Waals surface area contributed by atoms with Crippen LogP contribution in [0.15, 0.2) is 39.7 Å². The van der Waals surface area contributed by atoms with Crippen LogP contribution in [0.3, 0.4) is 0 Å². The molecular formula is C19H20N5S+. The first-order valence-electron chi connectivity index (χ1n) is 8.41. The predicted molar refractivity (Wildman–Crippen MR) is 95.0 cm³/mol. The molecule has 3 rings (SSSR count). The summed E-state index contributed by atoms with van der Waals surface area (Å²) in [5.41, 5.74) is 7.07. The molecule has 6 heteroatoms. The molecule has 2 aliphatic rings. The second-order valence-electron chi connectivity index (χ2n) is 6.64. The van der Waals surface area contributed by atoms with Gasteiger partial charge in [-0.05, 0) is 40.5 Å². The molecule has 1 aliphatic carbocycles. The van der Waals surface area contributed by atoms with Crippen LogP contribution >= 0.6 is 11.3 Å². The van der Waals surface area contributed by atoms with Crippen LogP contribution in [0.1, 0.15) is 24.8 Å². The van der Waals surface area contributed by atoms with E-state index in [9.17, 15) is 15.8 Å². The minimum Gasteiger partial charge on any atom is -0.399 e. The maximum Gasteiger partial charge on any atom is 0.191 e. The number of allylic oxidation sites excluding steroid dienone is 2. The second-order valence-corrected chi connectivity index (χ2v) is 7.42. The third-order valence-corrected chi connectivity index (χ3v) is 6.04. The highest BCUT2D eigenvalue weighted by Crippen LogP contribution is 2.53. The highest BCUT2D eigenvalue weighted by atomic mass is 32.1. The summed E-state index contributed by atoms with van der Waals surface area (Å²) in [5, 5.41) is 33.5. The lowest BCUT2D eigenvalue weighted by atomic mass is 9.58. The van der Waals surface area contributed by atoms with E-state index in [1.54, 1.807) is 11.3 Å². The van der Waals surface area contributed by atoms with Crippen molar-refractivity contribution in [2.75, 3.05) is 19.6 Å². The Labute approximate surface area is 151 Å². The van der Waals surface area contributed by atoms with E-state index in [0.29, 0.717) is 5.57 Å². The highest BCUT2D eigenvalue weighted by molar-refractivity contribution is 7.08. The summed E-state index contributed by atoms with van der Waals surface area (Å²) in [6, 6.07) is 8.48. The molecule has 0 spiro atoms. The zero-order chi connectivity index (χ0) is 18.0. The second kappa shape index (κ2) is 6.73. The Morgan fingerprint density at radius 3 is 2.68 bits per heavy atom. The lowest BCUT2D eigenvalue weighted by Crippen LogP contribution is -3.13. The van der Waals surface area contributed by atoms with Crippen molar-refractivity contribution in [2.24, 2.45) is 17.1 Å². The van der Waals surface area contributed by atoms with E-state index in [1.165, 1.54) is 4.90 Å². The van der Waals surface area contributed by atoms with Gasteiger partial charge in [-0.25, -0.2) is 0 Å². The molecule has 0 amide bonds. The summed E-state index contributed by atoms with van der Waals surface area (Å²) in [7, 11) is 0. The van der Waals surface area contributed by atoms with Crippen LogP contribution in [0, 0.1) is 45.3 Å². The Bertz CT molecular complexity index is 830. The molecule has 0 aromatic carbocycles. The van der Waals surface area contributed by atoms with Crippen LogP contribution in [0.2, 0.25) is 0 Å². The van der Waals surface area contributed by atoms with Crippen molar-refractivity contribution in [1.29, 1.82) is 15.8 Å². The number of nitrogens with zero attached hydrogens (tertiary/aromatic N) is 3. The van der Waals surface area contributed by atoms with Crippen molar-refractivity contribution in [2.45, 2.75) is 19.3 Å². The van der Waals surface area contributed by atoms with Gasteiger partial charge in [0.15, 0.2) is 5.41 Å². The fourth-order valence-electron chi connectivity index (χ4n) is 4.22. The molecular weight excluding hydrogens is 330 g/mol. The molecule has 2 heterocycles. The maximum atomic E-state index is 9.94. The molecule has 0 fully saturated rings. The number of nitriles is 3. The van der Waals surface area contributed by atoms with E-state index >= 15 is 0 Å². The Kier molecular flexibility index (Phi) is 4.64. The Morgan fingerprint density at radius 2 is 2.12 bits per heavy atom. The first-order valence-corrected chi connectivity index (χ1v) is 9.36. The molecule has 126 valence electrons. The smallest absolute Gasteiger partial charge is 0.191 e. The number of hydrogen-bond acceptors (Lipinski definition) is 5. The molecule has 1 aromatic heterocycles. The van der Waals surface area contributed by atoms with Crippen LogP contribution in [0.5, 0.6) is 0 Å². The van der Waals surface area contributed by atoms with Gasteiger partial charge in [-0.15, -0.1) is 0 Å². The summed E-state index contributed by atoms with van der Waals surface area (Å²) in [6.07, 6.45) is 3.15. The minimum atomic E-state index is -1.50. The van der Waals surface area contributed by atoms with Gasteiger partial charge in [0.05, 0.1) is 43.0 Å². The van der Waals surface area contributed by atoms with Crippen LogP contribution < -0.4 is 10.6 Å². The van der Waals surface area contributed by atoms with E-state index in [2.05, 4.69) is 31.2 Å². The van der Waals surface area contributed by atoms with Crippen molar-refractivity contribution in [3.8, 4) is 18.2 Å². The fraction of sp³-hybridized carbons (Fsp3) is 0.421. The first-order chi connectivity index (χ1) is 12.1. The third kappa shape index (κ3) is 2.53. The number of nitrogens with two attached hydrogens (primary N) is 1. The molecule has 3 N–H and O–H groups in total. The van der Waals surface area contributed by atoms with Crippen molar-refractivity contribution < 1.29 is 4.90 Å². The average Bonchev–Trinajstić information content (AvgIpc) is 3.15. The van der Waals surface area contributed by atoms with Gasteiger partial charge in [0, 0.05) is 11.8 Å². The Balaban J connectivity index is 2.24. The standard InChI is InChI=1S/C19H19N5S/c1-2-5-24-6-3-14-15(8-20)18(23)19(11-21,12-22)17(16(14)9-24)13-4-7-25-10-13/h3-4,7,10,16-17H,2,5-6,9,23H2,1H3/p+1. The summed E-state index contributed by atoms with van der Waals surface area (Å²) < 4.78 is 0. The summed E-state index contributed by atoms with van der Waals surface area (Å²) in [6.45, 7) is 4.84. The van der Waals surface area contributed by atoms with Gasteiger partial charge in [0.1, 0.15) is 6.07 Å². The zero-order valence-electron chi connectivity index (χ0n) is 14.1. The van der Waals surface area contributed by atoms with E-state index in [1.807, 2.05) is 16.8 Å². The molecule has 0 saturated carbocycles.